The van der Waals surface area contributed by atoms with Crippen molar-refractivity contribution in [2.24, 2.45) is 0 Å². The van der Waals surface area contributed by atoms with Gasteiger partial charge < -0.3 is 5.32 Å². The first-order valence-electron chi connectivity index (χ1n) is 5.69. The van der Waals surface area contributed by atoms with E-state index in [4.69, 9.17) is 11.6 Å². The van der Waals surface area contributed by atoms with Crippen LogP contribution in [0.25, 0.3) is 0 Å². The first kappa shape index (κ1) is 14.4. The van der Waals surface area contributed by atoms with Gasteiger partial charge in [-0.25, -0.2) is 4.98 Å². The van der Waals surface area contributed by atoms with Gasteiger partial charge in [0, 0.05) is 23.2 Å². The fourth-order valence-corrected chi connectivity index (χ4v) is 3.34. The highest BCUT2D eigenvalue weighted by Gasteiger charge is 2.06. The van der Waals surface area contributed by atoms with Gasteiger partial charge in [0.05, 0.1) is 12.1 Å². The number of hydrogen-bond acceptors (Lipinski definition) is 4. The maximum Gasteiger partial charge on any atom is 0.225 e. The van der Waals surface area contributed by atoms with Gasteiger partial charge in [-0.2, -0.15) is 0 Å². The van der Waals surface area contributed by atoms with E-state index in [1.165, 1.54) is 5.56 Å². The zero-order valence-corrected chi connectivity index (χ0v) is 12.7. The largest absolute Gasteiger partial charge is 0.359 e. The first-order valence-corrected chi connectivity index (χ1v) is 7.94. The van der Waals surface area contributed by atoms with Crippen molar-refractivity contribution in [1.29, 1.82) is 0 Å². The van der Waals surface area contributed by atoms with E-state index in [1.807, 2.05) is 29.6 Å². The average molecular weight is 313 g/mol. The predicted molar refractivity (Wildman–Crippen MR) is 80.9 cm³/mol. The number of rotatable bonds is 5. The van der Waals surface area contributed by atoms with Crippen LogP contribution in [0.15, 0.2) is 34.0 Å². The Morgan fingerprint density at radius 1 is 1.42 bits per heavy atom. The summed E-state index contributed by atoms with van der Waals surface area (Å²) < 4.78 is 0.980. The maximum atomic E-state index is 11.2. The van der Waals surface area contributed by atoms with E-state index in [1.54, 1.807) is 30.1 Å². The number of thioether (sulfide) groups is 1. The van der Waals surface area contributed by atoms with E-state index in [0.29, 0.717) is 6.42 Å². The third kappa shape index (κ3) is 4.53. The molecule has 2 rings (SSSR count). The molecule has 1 aromatic heterocycles. The van der Waals surface area contributed by atoms with Gasteiger partial charge in [-0.1, -0.05) is 35.5 Å². The first-order chi connectivity index (χ1) is 9.17. The number of nitrogens with zero attached hydrogens (tertiary/aromatic N) is 1. The number of thiazole rings is 1. The SMILES string of the molecule is CNC(=O)Cc1csc(SCc2ccc(Cl)cc2)n1. The molecule has 0 atom stereocenters. The highest BCUT2D eigenvalue weighted by Crippen LogP contribution is 2.26. The molecule has 0 fully saturated rings. The molecule has 1 N–H and O–H groups in total. The molecule has 0 unspecified atom stereocenters. The van der Waals surface area contributed by atoms with Crippen molar-refractivity contribution in [3.63, 3.8) is 0 Å². The molecule has 0 radical (unpaired) electrons. The van der Waals surface area contributed by atoms with Crippen LogP contribution >= 0.6 is 34.7 Å². The van der Waals surface area contributed by atoms with Crippen molar-refractivity contribution < 1.29 is 4.79 Å². The standard InChI is InChI=1S/C13H13ClN2OS2/c1-15-12(17)6-11-8-19-13(16-11)18-7-9-2-4-10(14)5-3-9/h2-5,8H,6-7H2,1H3,(H,15,17). The van der Waals surface area contributed by atoms with Crippen molar-refractivity contribution in [1.82, 2.24) is 10.3 Å². The van der Waals surface area contributed by atoms with Crippen molar-refractivity contribution in [3.05, 3.63) is 45.9 Å². The van der Waals surface area contributed by atoms with Gasteiger partial charge in [0.1, 0.15) is 4.34 Å². The van der Waals surface area contributed by atoms with E-state index in [9.17, 15) is 4.79 Å². The summed E-state index contributed by atoms with van der Waals surface area (Å²) in [4.78, 5) is 15.7. The Labute approximate surface area is 125 Å². The lowest BCUT2D eigenvalue weighted by Crippen LogP contribution is -2.19. The molecule has 19 heavy (non-hydrogen) atoms. The molecule has 6 heteroatoms. The molecule has 0 aliphatic heterocycles. The van der Waals surface area contributed by atoms with E-state index in [-0.39, 0.29) is 5.91 Å². The Morgan fingerprint density at radius 3 is 2.84 bits per heavy atom. The zero-order valence-electron chi connectivity index (χ0n) is 10.4. The summed E-state index contributed by atoms with van der Waals surface area (Å²) in [5, 5.41) is 5.27. The number of likely N-dealkylation sites (N-methyl/N-ethyl adjacent to an activating group) is 1. The molecule has 100 valence electrons. The highest BCUT2D eigenvalue weighted by molar-refractivity contribution is 8.00. The lowest BCUT2D eigenvalue weighted by atomic mass is 10.2. The molecule has 1 amide bonds. The molecule has 2 aromatic rings. The number of nitrogens with one attached hydrogen (secondary N) is 1. The van der Waals surface area contributed by atoms with Gasteiger partial charge in [0.2, 0.25) is 5.91 Å². The minimum Gasteiger partial charge on any atom is -0.359 e. The molecule has 1 aromatic carbocycles. The van der Waals surface area contributed by atoms with Crippen molar-refractivity contribution in [3.8, 4) is 0 Å². The average Bonchev–Trinajstić information content (AvgIpc) is 2.85. The number of aromatic nitrogens is 1. The van der Waals surface area contributed by atoms with Crippen LogP contribution < -0.4 is 5.32 Å². The molecule has 0 bridgehead atoms. The molecular formula is C13H13ClN2OS2. The van der Waals surface area contributed by atoms with E-state index < -0.39 is 0 Å². The summed E-state index contributed by atoms with van der Waals surface area (Å²) in [6.07, 6.45) is 0.342. The summed E-state index contributed by atoms with van der Waals surface area (Å²) in [7, 11) is 1.63. The van der Waals surface area contributed by atoms with E-state index in [2.05, 4.69) is 10.3 Å². The van der Waals surface area contributed by atoms with Gasteiger partial charge >= 0.3 is 0 Å². The lowest BCUT2D eigenvalue weighted by molar-refractivity contribution is -0.120. The van der Waals surface area contributed by atoms with Crippen molar-refractivity contribution >= 4 is 40.6 Å². The Morgan fingerprint density at radius 2 is 2.16 bits per heavy atom. The second-order valence-corrected chi connectivity index (χ2v) is 6.39. The van der Waals surface area contributed by atoms with Crippen molar-refractivity contribution in [2.75, 3.05) is 7.05 Å². The number of benzene rings is 1. The zero-order chi connectivity index (χ0) is 13.7. The van der Waals surface area contributed by atoms with Gasteiger partial charge in [-0.3, -0.25) is 4.79 Å². The van der Waals surface area contributed by atoms with Crippen LogP contribution in [0.2, 0.25) is 5.02 Å². The molecule has 1 heterocycles. The van der Waals surface area contributed by atoms with Gasteiger partial charge in [0.15, 0.2) is 0 Å². The Hall–Kier alpha value is -1.04. The minimum absolute atomic E-state index is 0.0143. The van der Waals surface area contributed by atoms with Crippen molar-refractivity contribution in [2.45, 2.75) is 16.5 Å². The van der Waals surface area contributed by atoms with Crippen LogP contribution in [0.4, 0.5) is 0 Å². The summed E-state index contributed by atoms with van der Waals surface area (Å²) in [6, 6.07) is 7.79. The smallest absolute Gasteiger partial charge is 0.225 e. The summed E-state index contributed by atoms with van der Waals surface area (Å²) in [6.45, 7) is 0. The van der Waals surface area contributed by atoms with Crippen LogP contribution in [-0.4, -0.2) is 17.9 Å². The molecule has 0 saturated heterocycles. The lowest BCUT2D eigenvalue weighted by Gasteiger charge is -1.99. The Kier molecular flexibility index (Phi) is 5.24. The quantitative estimate of drug-likeness (QED) is 0.861. The number of carbonyl (C=O) groups is 1. The number of hydrogen-bond donors (Lipinski definition) is 1. The molecule has 0 saturated carbocycles. The molecule has 3 nitrogen and oxygen atoms in total. The van der Waals surface area contributed by atoms with Gasteiger partial charge in [-0.15, -0.1) is 11.3 Å². The van der Waals surface area contributed by atoms with Crippen LogP contribution in [0.5, 0.6) is 0 Å². The summed E-state index contributed by atoms with van der Waals surface area (Å²) in [5.41, 5.74) is 2.03. The van der Waals surface area contributed by atoms with E-state index in [0.717, 1.165) is 20.8 Å². The maximum absolute atomic E-state index is 11.2. The van der Waals surface area contributed by atoms with Crippen LogP contribution in [-0.2, 0) is 17.0 Å². The second kappa shape index (κ2) is 6.93. The fraction of sp³-hybridized carbons (Fsp3) is 0.231. The molecule has 0 aliphatic rings. The molecular weight excluding hydrogens is 300 g/mol. The normalized spacial score (nSPS) is 10.4. The number of amides is 1. The van der Waals surface area contributed by atoms with E-state index >= 15 is 0 Å². The summed E-state index contributed by atoms with van der Waals surface area (Å²) in [5.74, 6) is 0.837. The third-order valence-electron chi connectivity index (χ3n) is 2.43. The Bertz CT molecular complexity index is 554. The van der Waals surface area contributed by atoms with Crippen LogP contribution in [0.3, 0.4) is 0 Å². The third-order valence-corrected chi connectivity index (χ3v) is 4.82. The van der Waals surface area contributed by atoms with Crippen LogP contribution in [0, 0.1) is 0 Å². The number of carbonyl (C=O) groups excluding carboxylic acids is 1. The summed E-state index contributed by atoms with van der Waals surface area (Å²) >= 11 is 9.08. The fourth-order valence-electron chi connectivity index (χ4n) is 1.41. The van der Waals surface area contributed by atoms with Crippen LogP contribution in [0.1, 0.15) is 11.3 Å². The Balaban J connectivity index is 1.89. The predicted octanol–water partition coefficient (Wildman–Crippen LogP) is 3.38. The number of halogens is 1. The molecule has 0 spiro atoms. The second-order valence-electron chi connectivity index (χ2n) is 3.87. The van der Waals surface area contributed by atoms with Gasteiger partial charge in [-0.05, 0) is 17.7 Å². The monoisotopic (exact) mass is 312 g/mol. The van der Waals surface area contributed by atoms with Gasteiger partial charge in [0.25, 0.3) is 0 Å². The topological polar surface area (TPSA) is 42.0 Å². The minimum atomic E-state index is -0.0143. The highest BCUT2D eigenvalue weighted by atomic mass is 35.5. The molecule has 0 aliphatic carbocycles.